The second-order valence-electron chi connectivity index (χ2n) is 9.87. The Morgan fingerprint density at radius 1 is 0.919 bits per heavy atom. The second-order valence-corrected chi connectivity index (χ2v) is 9.87. The molecular formula is C31H38N2O4. The standard InChI is InChI=1S/C31H38N2O4/c1-3-4-9-25-14-16-27(17-15-25)31(35)33(21-28-12-8-19-36-28)23-30(34)32(20-26-10-6-5-7-11-26)22-29-18-13-24(2)37-29/h5-7,10-11,13-18,28H,3-4,8-9,12,19-23H2,1-2H3. The number of carbonyl (C=O) groups is 2. The van der Waals surface area contributed by atoms with Crippen molar-refractivity contribution in [1.82, 2.24) is 9.80 Å². The van der Waals surface area contributed by atoms with Crippen molar-refractivity contribution >= 4 is 11.8 Å². The van der Waals surface area contributed by atoms with Crippen LogP contribution < -0.4 is 0 Å². The highest BCUT2D eigenvalue weighted by Crippen LogP contribution is 2.18. The number of aryl methyl sites for hydroxylation is 2. The van der Waals surface area contributed by atoms with E-state index in [1.165, 1.54) is 5.56 Å². The van der Waals surface area contributed by atoms with Crippen molar-refractivity contribution in [2.24, 2.45) is 0 Å². The van der Waals surface area contributed by atoms with E-state index in [1.807, 2.05) is 73.7 Å². The minimum Gasteiger partial charge on any atom is -0.464 e. The smallest absolute Gasteiger partial charge is 0.254 e. The first-order chi connectivity index (χ1) is 18.0. The molecule has 1 unspecified atom stereocenters. The van der Waals surface area contributed by atoms with E-state index in [0.717, 1.165) is 49.2 Å². The molecule has 3 aromatic rings. The number of carbonyl (C=O) groups excluding carboxylic acids is 2. The molecule has 1 aromatic heterocycles. The van der Waals surface area contributed by atoms with Gasteiger partial charge in [-0.3, -0.25) is 9.59 Å². The molecule has 1 atom stereocenters. The van der Waals surface area contributed by atoms with Gasteiger partial charge >= 0.3 is 0 Å². The van der Waals surface area contributed by atoms with Gasteiger partial charge in [0.25, 0.3) is 5.91 Å². The lowest BCUT2D eigenvalue weighted by Crippen LogP contribution is -2.45. The number of hydrogen-bond acceptors (Lipinski definition) is 4. The molecule has 6 nitrogen and oxygen atoms in total. The van der Waals surface area contributed by atoms with E-state index in [-0.39, 0.29) is 24.5 Å². The van der Waals surface area contributed by atoms with Crippen molar-refractivity contribution in [2.75, 3.05) is 19.7 Å². The Kier molecular flexibility index (Phi) is 9.55. The number of amides is 2. The Balaban J connectivity index is 1.52. The number of nitrogens with zero attached hydrogens (tertiary/aromatic N) is 2. The zero-order valence-electron chi connectivity index (χ0n) is 22.0. The van der Waals surface area contributed by atoms with Crippen LogP contribution >= 0.6 is 0 Å². The fraction of sp³-hybridized carbons (Fsp3) is 0.419. The zero-order chi connectivity index (χ0) is 26.0. The molecule has 0 saturated carbocycles. The van der Waals surface area contributed by atoms with E-state index >= 15 is 0 Å². The predicted molar refractivity (Wildman–Crippen MR) is 144 cm³/mol. The fourth-order valence-electron chi connectivity index (χ4n) is 4.69. The molecule has 2 heterocycles. The lowest BCUT2D eigenvalue weighted by molar-refractivity contribution is -0.133. The SMILES string of the molecule is CCCCc1ccc(C(=O)N(CC(=O)N(Cc2ccccc2)Cc2ccc(C)o2)CC2CCCO2)cc1. The van der Waals surface area contributed by atoms with Crippen LogP contribution in [0.1, 0.15) is 65.6 Å². The molecule has 0 radical (unpaired) electrons. The molecule has 37 heavy (non-hydrogen) atoms. The number of hydrogen-bond donors (Lipinski definition) is 0. The topological polar surface area (TPSA) is 63.0 Å². The third kappa shape index (κ3) is 7.80. The first-order valence-electron chi connectivity index (χ1n) is 13.4. The highest BCUT2D eigenvalue weighted by atomic mass is 16.5. The quantitative estimate of drug-likeness (QED) is 0.315. The molecule has 2 amide bonds. The summed E-state index contributed by atoms with van der Waals surface area (Å²) in [6.45, 7) is 5.94. The summed E-state index contributed by atoms with van der Waals surface area (Å²) in [5.74, 6) is 1.27. The molecule has 1 aliphatic heterocycles. The summed E-state index contributed by atoms with van der Waals surface area (Å²) < 4.78 is 11.6. The molecule has 1 aliphatic rings. The van der Waals surface area contributed by atoms with Crippen molar-refractivity contribution in [3.05, 3.63) is 94.9 Å². The summed E-state index contributed by atoms with van der Waals surface area (Å²) in [5.41, 5.74) is 2.85. The number of ether oxygens (including phenoxy) is 1. The van der Waals surface area contributed by atoms with Crippen LogP contribution in [0.5, 0.6) is 0 Å². The van der Waals surface area contributed by atoms with Crippen molar-refractivity contribution in [3.8, 4) is 0 Å². The maximum atomic E-state index is 13.7. The van der Waals surface area contributed by atoms with Crippen molar-refractivity contribution in [1.29, 1.82) is 0 Å². The zero-order valence-corrected chi connectivity index (χ0v) is 22.0. The van der Waals surface area contributed by atoms with Gasteiger partial charge in [0.2, 0.25) is 5.91 Å². The van der Waals surface area contributed by atoms with E-state index in [9.17, 15) is 9.59 Å². The third-order valence-electron chi connectivity index (χ3n) is 6.79. The lowest BCUT2D eigenvalue weighted by Gasteiger charge is -2.29. The van der Waals surface area contributed by atoms with Crippen molar-refractivity contribution in [3.63, 3.8) is 0 Å². The first kappa shape index (κ1) is 26.7. The number of rotatable bonds is 12. The summed E-state index contributed by atoms with van der Waals surface area (Å²) >= 11 is 0. The van der Waals surface area contributed by atoms with Crippen LogP contribution in [-0.4, -0.2) is 47.4 Å². The Morgan fingerprint density at radius 3 is 2.35 bits per heavy atom. The van der Waals surface area contributed by atoms with Crippen LogP contribution in [0, 0.1) is 6.92 Å². The van der Waals surface area contributed by atoms with E-state index < -0.39 is 0 Å². The molecule has 1 fully saturated rings. The Labute approximate surface area is 220 Å². The molecule has 0 aliphatic carbocycles. The summed E-state index contributed by atoms with van der Waals surface area (Å²) in [6, 6.07) is 21.5. The normalized spacial score (nSPS) is 15.0. The molecule has 2 aromatic carbocycles. The molecule has 6 heteroatoms. The van der Waals surface area contributed by atoms with E-state index in [1.54, 1.807) is 9.80 Å². The summed E-state index contributed by atoms with van der Waals surface area (Å²) in [5, 5.41) is 0. The molecule has 0 bridgehead atoms. The lowest BCUT2D eigenvalue weighted by atomic mass is 10.1. The van der Waals surface area contributed by atoms with Gasteiger partial charge in [0.1, 0.15) is 18.1 Å². The number of unbranched alkanes of at least 4 members (excludes halogenated alkanes) is 1. The van der Waals surface area contributed by atoms with Crippen molar-refractivity contribution in [2.45, 2.75) is 65.1 Å². The predicted octanol–water partition coefficient (Wildman–Crippen LogP) is 5.78. The van der Waals surface area contributed by atoms with Gasteiger partial charge in [-0.1, -0.05) is 55.8 Å². The summed E-state index contributed by atoms with van der Waals surface area (Å²) in [4.78, 5) is 30.7. The average molecular weight is 503 g/mol. The monoisotopic (exact) mass is 502 g/mol. The minimum atomic E-state index is -0.139. The third-order valence-corrected chi connectivity index (χ3v) is 6.79. The summed E-state index contributed by atoms with van der Waals surface area (Å²) in [6.07, 6.45) is 5.09. The van der Waals surface area contributed by atoms with Crippen LogP contribution in [0.15, 0.2) is 71.1 Å². The largest absolute Gasteiger partial charge is 0.464 e. The van der Waals surface area contributed by atoms with Crippen LogP contribution in [0.25, 0.3) is 0 Å². The molecule has 196 valence electrons. The molecular weight excluding hydrogens is 464 g/mol. The van der Waals surface area contributed by atoms with Crippen LogP contribution in [-0.2, 0) is 29.0 Å². The average Bonchev–Trinajstić information content (AvgIpc) is 3.58. The van der Waals surface area contributed by atoms with E-state index in [4.69, 9.17) is 9.15 Å². The molecule has 4 rings (SSSR count). The van der Waals surface area contributed by atoms with Crippen LogP contribution in [0.2, 0.25) is 0 Å². The van der Waals surface area contributed by atoms with Crippen molar-refractivity contribution < 1.29 is 18.7 Å². The van der Waals surface area contributed by atoms with E-state index in [2.05, 4.69) is 6.92 Å². The Hall–Kier alpha value is -3.38. The van der Waals surface area contributed by atoms with Gasteiger partial charge in [-0.25, -0.2) is 0 Å². The molecule has 0 spiro atoms. The van der Waals surface area contributed by atoms with E-state index in [0.29, 0.717) is 31.8 Å². The van der Waals surface area contributed by atoms with Crippen LogP contribution in [0.3, 0.4) is 0 Å². The highest BCUT2D eigenvalue weighted by Gasteiger charge is 2.27. The maximum Gasteiger partial charge on any atom is 0.254 e. The first-order valence-corrected chi connectivity index (χ1v) is 13.4. The maximum absolute atomic E-state index is 13.7. The van der Waals surface area contributed by atoms with Gasteiger partial charge in [0, 0.05) is 25.3 Å². The number of furan rings is 1. The highest BCUT2D eigenvalue weighted by molar-refractivity contribution is 5.96. The van der Waals surface area contributed by atoms with Gasteiger partial charge in [-0.05, 0) is 68.0 Å². The van der Waals surface area contributed by atoms with Gasteiger partial charge in [-0.15, -0.1) is 0 Å². The van der Waals surface area contributed by atoms with Gasteiger partial charge < -0.3 is 19.0 Å². The Bertz CT molecular complexity index is 1130. The van der Waals surface area contributed by atoms with Gasteiger partial charge in [0.15, 0.2) is 0 Å². The van der Waals surface area contributed by atoms with Gasteiger partial charge in [-0.2, -0.15) is 0 Å². The summed E-state index contributed by atoms with van der Waals surface area (Å²) in [7, 11) is 0. The van der Waals surface area contributed by atoms with Crippen LogP contribution in [0.4, 0.5) is 0 Å². The molecule has 0 N–H and O–H groups in total. The number of benzene rings is 2. The minimum absolute atomic E-state index is 0.0111. The fourth-order valence-corrected chi connectivity index (χ4v) is 4.69. The van der Waals surface area contributed by atoms with Gasteiger partial charge in [0.05, 0.1) is 12.6 Å². The molecule has 1 saturated heterocycles. The second kappa shape index (κ2) is 13.2. The Morgan fingerprint density at radius 2 is 1.70 bits per heavy atom.